The van der Waals surface area contributed by atoms with Gasteiger partial charge in [-0.15, -0.1) is 10.2 Å². The molecule has 2 aromatic rings. The Bertz CT molecular complexity index is 671. The summed E-state index contributed by atoms with van der Waals surface area (Å²) in [6.07, 6.45) is 4.27. The molecule has 3 heterocycles. The first-order chi connectivity index (χ1) is 10.6. The summed E-state index contributed by atoms with van der Waals surface area (Å²) in [6, 6.07) is 0. The fourth-order valence-corrected chi connectivity index (χ4v) is 3.81. The molecule has 1 aliphatic rings. The minimum Gasteiger partial charge on any atom is -0.375 e. The van der Waals surface area contributed by atoms with Crippen molar-refractivity contribution < 1.29 is 4.79 Å². The number of hydrogen-bond donors (Lipinski definition) is 1. The molecule has 0 spiro atoms. The van der Waals surface area contributed by atoms with Crippen LogP contribution in [0, 0.1) is 0 Å². The zero-order valence-corrected chi connectivity index (χ0v) is 13.6. The number of nitrogen functional groups attached to an aromatic ring is 1. The summed E-state index contributed by atoms with van der Waals surface area (Å²) in [5.41, 5.74) is 6.55. The fraction of sp³-hybridized carbons (Fsp3) is 0.571. The monoisotopic (exact) mass is 320 g/mol. The van der Waals surface area contributed by atoms with E-state index < -0.39 is 0 Å². The largest absolute Gasteiger partial charge is 0.375 e. The van der Waals surface area contributed by atoms with E-state index in [9.17, 15) is 4.79 Å². The second-order valence-corrected chi connectivity index (χ2v) is 6.58. The van der Waals surface area contributed by atoms with Gasteiger partial charge in [0.1, 0.15) is 17.0 Å². The van der Waals surface area contributed by atoms with Crippen molar-refractivity contribution in [2.45, 2.75) is 32.1 Å². The molecule has 0 bridgehead atoms. The predicted octanol–water partition coefficient (Wildman–Crippen LogP) is 1.44. The molecule has 2 N–H and O–H groups in total. The van der Waals surface area contributed by atoms with Gasteiger partial charge >= 0.3 is 0 Å². The molecule has 8 heteroatoms. The number of likely N-dealkylation sites (tertiary alicyclic amines) is 1. The topological polar surface area (TPSA) is 89.9 Å². The molecule has 0 saturated carbocycles. The van der Waals surface area contributed by atoms with Crippen molar-refractivity contribution in [3.8, 4) is 0 Å². The number of hydrogen-bond acceptors (Lipinski definition) is 6. The standard InChI is InChI=1S/C14H20N6OS/c1-3-10-11(22-14(15)17-10)13(21)20-6-4-9(5-7-20)12-18-16-8-19(12)2/h8-9H,3-7H2,1-2H3,(H2,15,17). The van der Waals surface area contributed by atoms with Gasteiger partial charge in [0, 0.05) is 26.1 Å². The summed E-state index contributed by atoms with van der Waals surface area (Å²) in [5.74, 6) is 1.43. The Kier molecular flexibility index (Phi) is 4.10. The number of aryl methyl sites for hydroxylation is 2. The van der Waals surface area contributed by atoms with E-state index in [4.69, 9.17) is 5.73 Å². The number of amides is 1. The van der Waals surface area contributed by atoms with Crippen LogP contribution in [0.3, 0.4) is 0 Å². The number of nitrogens with two attached hydrogens (primary N) is 1. The lowest BCUT2D eigenvalue weighted by Crippen LogP contribution is -2.38. The average molecular weight is 320 g/mol. The highest BCUT2D eigenvalue weighted by Gasteiger charge is 2.29. The molecular formula is C14H20N6OS. The van der Waals surface area contributed by atoms with Gasteiger partial charge in [-0.3, -0.25) is 4.79 Å². The second kappa shape index (κ2) is 6.04. The SMILES string of the molecule is CCc1nc(N)sc1C(=O)N1CCC(c2nncn2C)CC1. The maximum absolute atomic E-state index is 12.7. The molecule has 3 rings (SSSR count). The van der Waals surface area contributed by atoms with E-state index in [1.807, 2.05) is 23.4 Å². The lowest BCUT2D eigenvalue weighted by molar-refractivity contribution is 0.0714. The van der Waals surface area contributed by atoms with Gasteiger partial charge in [0.15, 0.2) is 5.13 Å². The van der Waals surface area contributed by atoms with Crippen LogP contribution in [0.1, 0.15) is 46.9 Å². The minimum absolute atomic E-state index is 0.0578. The highest BCUT2D eigenvalue weighted by molar-refractivity contribution is 7.17. The lowest BCUT2D eigenvalue weighted by Gasteiger charge is -2.31. The molecule has 118 valence electrons. The van der Waals surface area contributed by atoms with E-state index in [-0.39, 0.29) is 5.91 Å². The van der Waals surface area contributed by atoms with Gasteiger partial charge in [0.2, 0.25) is 0 Å². The predicted molar refractivity (Wildman–Crippen MR) is 84.8 cm³/mol. The molecular weight excluding hydrogens is 300 g/mol. The zero-order valence-electron chi connectivity index (χ0n) is 12.8. The highest BCUT2D eigenvalue weighted by Crippen LogP contribution is 2.29. The molecule has 0 radical (unpaired) electrons. The number of aromatic nitrogens is 4. The maximum atomic E-state index is 12.7. The van der Waals surface area contributed by atoms with Gasteiger partial charge < -0.3 is 15.2 Å². The van der Waals surface area contributed by atoms with Crippen LogP contribution in [-0.2, 0) is 13.5 Å². The van der Waals surface area contributed by atoms with Crippen LogP contribution < -0.4 is 5.73 Å². The van der Waals surface area contributed by atoms with Crippen molar-refractivity contribution in [2.24, 2.45) is 7.05 Å². The Morgan fingerprint density at radius 3 is 2.77 bits per heavy atom. The van der Waals surface area contributed by atoms with Gasteiger partial charge in [0.25, 0.3) is 5.91 Å². The van der Waals surface area contributed by atoms with Crippen LogP contribution in [0.5, 0.6) is 0 Å². The van der Waals surface area contributed by atoms with Crippen molar-refractivity contribution in [3.63, 3.8) is 0 Å². The lowest BCUT2D eigenvalue weighted by atomic mass is 9.96. The molecule has 1 amide bonds. The summed E-state index contributed by atoms with van der Waals surface area (Å²) in [5, 5.41) is 8.59. The minimum atomic E-state index is 0.0578. The number of carbonyl (C=O) groups is 1. The number of nitrogens with zero attached hydrogens (tertiary/aromatic N) is 5. The zero-order chi connectivity index (χ0) is 15.7. The molecule has 0 aromatic carbocycles. The highest BCUT2D eigenvalue weighted by atomic mass is 32.1. The first-order valence-electron chi connectivity index (χ1n) is 7.48. The maximum Gasteiger partial charge on any atom is 0.265 e. The Hall–Kier alpha value is -1.96. The molecule has 7 nitrogen and oxygen atoms in total. The van der Waals surface area contributed by atoms with Gasteiger partial charge in [-0.05, 0) is 19.3 Å². The number of anilines is 1. The van der Waals surface area contributed by atoms with E-state index in [1.54, 1.807) is 6.33 Å². The Morgan fingerprint density at radius 1 is 1.45 bits per heavy atom. The van der Waals surface area contributed by atoms with Crippen molar-refractivity contribution in [1.29, 1.82) is 0 Å². The molecule has 22 heavy (non-hydrogen) atoms. The van der Waals surface area contributed by atoms with Crippen molar-refractivity contribution in [1.82, 2.24) is 24.6 Å². The van der Waals surface area contributed by atoms with Crippen LogP contribution in [0.25, 0.3) is 0 Å². The third kappa shape index (κ3) is 2.70. The summed E-state index contributed by atoms with van der Waals surface area (Å²) in [4.78, 5) is 19.5. The van der Waals surface area contributed by atoms with Gasteiger partial charge in [-0.25, -0.2) is 4.98 Å². The smallest absolute Gasteiger partial charge is 0.265 e. The fourth-order valence-electron chi connectivity index (χ4n) is 2.92. The van der Waals surface area contributed by atoms with Crippen molar-refractivity contribution >= 4 is 22.4 Å². The first-order valence-corrected chi connectivity index (χ1v) is 8.30. The number of thiazole rings is 1. The quantitative estimate of drug-likeness (QED) is 0.924. The van der Waals surface area contributed by atoms with Gasteiger partial charge in [0.05, 0.1) is 5.69 Å². The van der Waals surface area contributed by atoms with E-state index in [0.29, 0.717) is 15.9 Å². The molecule has 0 atom stereocenters. The third-order valence-corrected chi connectivity index (χ3v) is 5.05. The van der Waals surface area contributed by atoms with E-state index >= 15 is 0 Å². The summed E-state index contributed by atoms with van der Waals surface area (Å²) >= 11 is 1.29. The van der Waals surface area contributed by atoms with Gasteiger partial charge in [-0.1, -0.05) is 18.3 Å². The molecule has 0 aliphatic carbocycles. The number of piperidine rings is 1. The summed E-state index contributed by atoms with van der Waals surface area (Å²) in [6.45, 7) is 3.46. The van der Waals surface area contributed by atoms with E-state index in [2.05, 4.69) is 15.2 Å². The second-order valence-electron chi connectivity index (χ2n) is 5.55. The van der Waals surface area contributed by atoms with Gasteiger partial charge in [-0.2, -0.15) is 0 Å². The number of carbonyl (C=O) groups excluding carboxylic acids is 1. The summed E-state index contributed by atoms with van der Waals surface area (Å²) < 4.78 is 1.96. The summed E-state index contributed by atoms with van der Waals surface area (Å²) in [7, 11) is 1.96. The van der Waals surface area contributed by atoms with Crippen LogP contribution in [-0.4, -0.2) is 43.6 Å². The van der Waals surface area contributed by atoms with Crippen LogP contribution >= 0.6 is 11.3 Å². The molecule has 2 aromatic heterocycles. The first kappa shape index (κ1) is 15.0. The van der Waals surface area contributed by atoms with Crippen LogP contribution in [0.2, 0.25) is 0 Å². The van der Waals surface area contributed by atoms with Crippen molar-refractivity contribution in [2.75, 3.05) is 18.8 Å². The number of rotatable bonds is 3. The molecule has 1 fully saturated rings. The normalized spacial score (nSPS) is 16.2. The van der Waals surface area contributed by atoms with Crippen LogP contribution in [0.15, 0.2) is 6.33 Å². The Balaban J connectivity index is 1.68. The third-order valence-electron chi connectivity index (χ3n) is 4.14. The van der Waals surface area contributed by atoms with E-state index in [1.165, 1.54) is 11.3 Å². The Labute approximate surface area is 133 Å². The van der Waals surface area contributed by atoms with Crippen molar-refractivity contribution in [3.05, 3.63) is 22.7 Å². The molecule has 1 saturated heterocycles. The molecule has 0 unspecified atom stereocenters. The van der Waals surface area contributed by atoms with Crippen LogP contribution in [0.4, 0.5) is 5.13 Å². The average Bonchev–Trinajstić information content (AvgIpc) is 3.12. The molecule has 1 aliphatic heterocycles. The Morgan fingerprint density at radius 2 is 2.18 bits per heavy atom. The van der Waals surface area contributed by atoms with E-state index in [0.717, 1.165) is 43.9 Å².